The van der Waals surface area contributed by atoms with Crippen LogP contribution in [0.5, 0.6) is 0 Å². The lowest BCUT2D eigenvalue weighted by Crippen LogP contribution is -2.03. The lowest BCUT2D eigenvalue weighted by atomic mass is 10.2. The van der Waals surface area contributed by atoms with Gasteiger partial charge < -0.3 is 9.84 Å². The van der Waals surface area contributed by atoms with Gasteiger partial charge in [-0.3, -0.25) is 4.98 Å². The van der Waals surface area contributed by atoms with Gasteiger partial charge in [0.2, 0.25) is 11.7 Å². The number of rotatable bonds is 5. The second-order valence-corrected chi connectivity index (χ2v) is 6.77. The highest BCUT2D eigenvalue weighted by Crippen LogP contribution is 2.15. The van der Waals surface area contributed by atoms with Crippen LogP contribution >= 0.6 is 0 Å². The Labute approximate surface area is 132 Å². The van der Waals surface area contributed by atoms with E-state index in [4.69, 9.17) is 4.52 Å². The zero-order valence-electron chi connectivity index (χ0n) is 12.2. The van der Waals surface area contributed by atoms with E-state index in [1.807, 2.05) is 0 Å². The van der Waals surface area contributed by atoms with Crippen molar-refractivity contribution in [3.63, 3.8) is 0 Å². The summed E-state index contributed by atoms with van der Waals surface area (Å²) >= 11 is 0. The van der Waals surface area contributed by atoms with Gasteiger partial charge in [0.05, 0.1) is 11.4 Å². The Bertz CT molecular complexity index is 892. The second-order valence-electron chi connectivity index (χ2n) is 4.75. The summed E-state index contributed by atoms with van der Waals surface area (Å²) in [7, 11) is -3.25. The van der Waals surface area contributed by atoms with Gasteiger partial charge in [-0.1, -0.05) is 5.16 Å². The molecule has 23 heavy (non-hydrogen) atoms. The van der Waals surface area contributed by atoms with Crippen LogP contribution in [0.2, 0.25) is 0 Å². The van der Waals surface area contributed by atoms with Gasteiger partial charge in [-0.15, -0.1) is 0 Å². The molecule has 3 aromatic heterocycles. The van der Waals surface area contributed by atoms with E-state index in [1.54, 1.807) is 30.6 Å². The molecule has 8 nitrogen and oxygen atoms in total. The number of sulfone groups is 1. The highest BCUT2D eigenvalue weighted by atomic mass is 32.2. The van der Waals surface area contributed by atoms with Gasteiger partial charge in [0, 0.05) is 30.4 Å². The Hall–Kier alpha value is -2.81. The van der Waals surface area contributed by atoms with Gasteiger partial charge in [-0.05, 0) is 24.3 Å². The molecule has 118 valence electrons. The molecule has 0 bridgehead atoms. The largest absolute Gasteiger partial charge is 0.361 e. The Morgan fingerprint density at radius 1 is 1.17 bits per heavy atom. The molecule has 0 radical (unpaired) electrons. The van der Waals surface area contributed by atoms with E-state index in [1.165, 1.54) is 12.3 Å². The first kappa shape index (κ1) is 15.1. The predicted molar refractivity (Wildman–Crippen MR) is 82.2 cm³/mol. The smallest absolute Gasteiger partial charge is 0.246 e. The third-order valence-corrected chi connectivity index (χ3v) is 4.09. The molecule has 0 fully saturated rings. The molecule has 0 aliphatic rings. The maximum absolute atomic E-state index is 11.4. The zero-order chi connectivity index (χ0) is 16.3. The van der Waals surface area contributed by atoms with Gasteiger partial charge >= 0.3 is 0 Å². The summed E-state index contributed by atoms with van der Waals surface area (Å²) in [6.45, 7) is 0.281. The fourth-order valence-electron chi connectivity index (χ4n) is 1.82. The highest BCUT2D eigenvalue weighted by molar-refractivity contribution is 7.90. The molecule has 9 heteroatoms. The number of hydrogen-bond donors (Lipinski definition) is 1. The van der Waals surface area contributed by atoms with Crippen LogP contribution < -0.4 is 5.32 Å². The van der Waals surface area contributed by atoms with E-state index in [9.17, 15) is 8.42 Å². The number of anilines is 1. The quantitative estimate of drug-likeness (QED) is 0.749. The van der Waals surface area contributed by atoms with Crippen molar-refractivity contribution in [3.05, 3.63) is 48.7 Å². The fourth-order valence-corrected chi connectivity index (χ4v) is 2.37. The van der Waals surface area contributed by atoms with Crippen molar-refractivity contribution in [2.24, 2.45) is 0 Å². The second kappa shape index (κ2) is 6.13. The van der Waals surface area contributed by atoms with Crippen molar-refractivity contribution in [2.45, 2.75) is 11.4 Å². The molecule has 1 N–H and O–H groups in total. The van der Waals surface area contributed by atoms with Crippen molar-refractivity contribution in [2.75, 3.05) is 11.6 Å². The van der Waals surface area contributed by atoms with Gasteiger partial charge in [0.1, 0.15) is 5.82 Å². The monoisotopic (exact) mass is 331 g/mol. The minimum absolute atomic E-state index is 0.167. The molecule has 0 aromatic carbocycles. The van der Waals surface area contributed by atoms with Crippen molar-refractivity contribution < 1.29 is 12.9 Å². The van der Waals surface area contributed by atoms with Gasteiger partial charge in [0.15, 0.2) is 9.84 Å². The van der Waals surface area contributed by atoms with Crippen LogP contribution in [0.15, 0.2) is 52.3 Å². The minimum Gasteiger partial charge on any atom is -0.361 e. The van der Waals surface area contributed by atoms with E-state index < -0.39 is 9.84 Å². The molecule has 0 saturated heterocycles. The van der Waals surface area contributed by atoms with E-state index in [0.717, 1.165) is 11.8 Å². The molecule has 0 saturated carbocycles. The first-order valence-corrected chi connectivity index (χ1v) is 8.54. The SMILES string of the molecule is CS(=O)(=O)c1ccc(NCc2nc(-c3ccncc3)no2)nc1. The first-order valence-electron chi connectivity index (χ1n) is 6.65. The molecule has 0 unspecified atom stereocenters. The van der Waals surface area contributed by atoms with Crippen LogP contribution in [0.3, 0.4) is 0 Å². The molecule has 0 aliphatic heterocycles. The van der Waals surface area contributed by atoms with Crippen molar-refractivity contribution in [1.82, 2.24) is 20.1 Å². The molecule has 3 rings (SSSR count). The molecule has 3 aromatic rings. The number of nitrogens with zero attached hydrogens (tertiary/aromatic N) is 4. The molecule has 0 spiro atoms. The van der Waals surface area contributed by atoms with E-state index in [0.29, 0.717) is 17.5 Å². The Kier molecular flexibility index (Phi) is 4.02. The topological polar surface area (TPSA) is 111 Å². The molecule has 0 atom stereocenters. The maximum Gasteiger partial charge on any atom is 0.246 e. The maximum atomic E-state index is 11.4. The number of aromatic nitrogens is 4. The number of hydrogen-bond acceptors (Lipinski definition) is 8. The Morgan fingerprint density at radius 3 is 2.61 bits per heavy atom. The van der Waals surface area contributed by atoms with Gasteiger partial charge in [-0.2, -0.15) is 4.98 Å². The van der Waals surface area contributed by atoms with Crippen molar-refractivity contribution in [3.8, 4) is 11.4 Å². The minimum atomic E-state index is -3.25. The van der Waals surface area contributed by atoms with Gasteiger partial charge in [0.25, 0.3) is 0 Å². The van der Waals surface area contributed by atoms with Crippen LogP contribution in [0.25, 0.3) is 11.4 Å². The fraction of sp³-hybridized carbons (Fsp3) is 0.143. The van der Waals surface area contributed by atoms with Crippen LogP contribution in [-0.4, -0.2) is 34.8 Å². The molecular weight excluding hydrogens is 318 g/mol. The lowest BCUT2D eigenvalue weighted by molar-refractivity contribution is 0.384. The molecule has 3 heterocycles. The van der Waals surface area contributed by atoms with E-state index >= 15 is 0 Å². The van der Waals surface area contributed by atoms with Crippen LogP contribution in [-0.2, 0) is 16.4 Å². The summed E-state index contributed by atoms with van der Waals surface area (Å²) in [6.07, 6.45) is 5.73. The Morgan fingerprint density at radius 2 is 1.96 bits per heavy atom. The molecule has 0 aliphatic carbocycles. The Balaban J connectivity index is 1.66. The average Bonchev–Trinajstić information content (AvgIpc) is 3.02. The summed E-state index contributed by atoms with van der Waals surface area (Å²) < 4.78 is 27.9. The van der Waals surface area contributed by atoms with Gasteiger partial charge in [-0.25, -0.2) is 13.4 Å². The summed E-state index contributed by atoms with van der Waals surface area (Å²) in [4.78, 5) is 12.4. The summed E-state index contributed by atoms with van der Waals surface area (Å²) in [5, 5.41) is 6.88. The third kappa shape index (κ3) is 3.69. The lowest BCUT2D eigenvalue weighted by Gasteiger charge is -2.03. The van der Waals surface area contributed by atoms with E-state index in [-0.39, 0.29) is 11.4 Å². The summed E-state index contributed by atoms with van der Waals surface area (Å²) in [5.74, 6) is 1.39. The van der Waals surface area contributed by atoms with Crippen molar-refractivity contribution >= 4 is 15.7 Å². The molecular formula is C14H13N5O3S. The zero-order valence-corrected chi connectivity index (χ0v) is 13.0. The predicted octanol–water partition coefficient (Wildman–Crippen LogP) is 1.54. The molecule has 0 amide bonds. The first-order chi connectivity index (χ1) is 11.0. The average molecular weight is 331 g/mol. The van der Waals surface area contributed by atoms with Crippen LogP contribution in [0, 0.1) is 0 Å². The van der Waals surface area contributed by atoms with Crippen LogP contribution in [0.1, 0.15) is 5.89 Å². The van der Waals surface area contributed by atoms with Crippen LogP contribution in [0.4, 0.5) is 5.82 Å². The highest BCUT2D eigenvalue weighted by Gasteiger charge is 2.10. The number of pyridine rings is 2. The normalized spacial score (nSPS) is 11.3. The summed E-state index contributed by atoms with van der Waals surface area (Å²) in [6, 6.07) is 6.64. The number of nitrogens with one attached hydrogen (secondary N) is 1. The third-order valence-electron chi connectivity index (χ3n) is 2.99. The van der Waals surface area contributed by atoms with Crippen molar-refractivity contribution in [1.29, 1.82) is 0 Å². The van der Waals surface area contributed by atoms with E-state index in [2.05, 4.69) is 25.4 Å². The standard InChI is InChI=1S/C14H13N5O3S/c1-23(20,21)11-2-3-12(16-8-11)17-9-13-18-14(19-22-13)10-4-6-15-7-5-10/h2-8H,9H2,1H3,(H,16,17). The summed E-state index contributed by atoms with van der Waals surface area (Å²) in [5.41, 5.74) is 0.811.